The molecule has 130 valence electrons. The van der Waals surface area contributed by atoms with Crippen LogP contribution < -0.4 is 10.5 Å². The predicted molar refractivity (Wildman–Crippen MR) is 101 cm³/mol. The third-order valence-electron chi connectivity index (χ3n) is 4.62. The van der Waals surface area contributed by atoms with Gasteiger partial charge in [0.2, 0.25) is 5.88 Å². The van der Waals surface area contributed by atoms with Crippen LogP contribution in [0.2, 0.25) is 0 Å². The Morgan fingerprint density at radius 1 is 1.04 bits per heavy atom. The number of benzene rings is 3. The van der Waals surface area contributed by atoms with E-state index < -0.39 is 5.97 Å². The Balaban J connectivity index is 1.97. The fraction of sp³-hybridized carbons (Fsp3) is 0.136. The minimum Gasteiger partial charge on any atom is -0.462 e. The van der Waals surface area contributed by atoms with Crippen LogP contribution in [0.5, 0.6) is 5.75 Å². The zero-order valence-corrected chi connectivity index (χ0v) is 14.4. The fourth-order valence-electron chi connectivity index (χ4n) is 3.48. The van der Waals surface area contributed by atoms with Crippen LogP contribution in [0.15, 0.2) is 78.2 Å². The zero-order valence-electron chi connectivity index (χ0n) is 14.4. The van der Waals surface area contributed by atoms with Gasteiger partial charge in [-0.05, 0) is 17.9 Å². The van der Waals surface area contributed by atoms with Crippen molar-refractivity contribution in [3.63, 3.8) is 0 Å². The largest absolute Gasteiger partial charge is 0.462 e. The number of rotatable bonds is 3. The van der Waals surface area contributed by atoms with Gasteiger partial charge in [-0.1, -0.05) is 66.7 Å². The van der Waals surface area contributed by atoms with Crippen LogP contribution in [-0.2, 0) is 9.53 Å². The molecule has 0 saturated carbocycles. The van der Waals surface area contributed by atoms with Crippen molar-refractivity contribution in [3.05, 3.63) is 89.3 Å². The Morgan fingerprint density at radius 2 is 1.77 bits per heavy atom. The summed E-state index contributed by atoms with van der Waals surface area (Å²) in [5, 5.41) is 2.03. The summed E-state index contributed by atoms with van der Waals surface area (Å²) in [7, 11) is 0. The molecule has 4 heteroatoms. The molecule has 2 N–H and O–H groups in total. The number of nitrogens with two attached hydrogens (primary N) is 1. The molecule has 0 bridgehead atoms. The molecule has 0 fully saturated rings. The van der Waals surface area contributed by atoms with E-state index in [0.717, 1.165) is 21.9 Å². The van der Waals surface area contributed by atoms with Gasteiger partial charge in [-0.3, -0.25) is 0 Å². The van der Waals surface area contributed by atoms with E-state index in [-0.39, 0.29) is 18.4 Å². The summed E-state index contributed by atoms with van der Waals surface area (Å²) >= 11 is 0. The van der Waals surface area contributed by atoms with Crippen molar-refractivity contribution in [3.8, 4) is 5.75 Å². The first-order chi connectivity index (χ1) is 12.7. The Kier molecular flexibility index (Phi) is 4.09. The summed E-state index contributed by atoms with van der Waals surface area (Å²) in [5.41, 5.74) is 8.43. The average Bonchev–Trinajstić information content (AvgIpc) is 2.67. The van der Waals surface area contributed by atoms with E-state index in [1.54, 1.807) is 6.92 Å². The number of ether oxygens (including phenoxy) is 2. The minimum atomic E-state index is -0.447. The van der Waals surface area contributed by atoms with Crippen molar-refractivity contribution < 1.29 is 14.3 Å². The van der Waals surface area contributed by atoms with E-state index >= 15 is 0 Å². The highest BCUT2D eigenvalue weighted by molar-refractivity contribution is 5.96. The van der Waals surface area contributed by atoms with Gasteiger partial charge >= 0.3 is 5.97 Å². The smallest absolute Gasteiger partial charge is 0.340 e. The Hall–Kier alpha value is -3.27. The third kappa shape index (κ3) is 2.60. The monoisotopic (exact) mass is 345 g/mol. The number of hydrogen-bond acceptors (Lipinski definition) is 4. The van der Waals surface area contributed by atoms with E-state index in [0.29, 0.717) is 11.3 Å². The molecule has 0 aromatic heterocycles. The van der Waals surface area contributed by atoms with Gasteiger partial charge in [0, 0.05) is 10.9 Å². The molecule has 1 aliphatic heterocycles. The molecule has 1 aliphatic rings. The van der Waals surface area contributed by atoms with Crippen LogP contribution in [-0.4, -0.2) is 12.6 Å². The fourth-order valence-corrected chi connectivity index (χ4v) is 3.48. The van der Waals surface area contributed by atoms with Crippen molar-refractivity contribution in [1.82, 2.24) is 0 Å². The maximum atomic E-state index is 12.6. The molecular formula is C22H19NO3. The number of hydrogen-bond donors (Lipinski definition) is 1. The average molecular weight is 345 g/mol. The second-order valence-corrected chi connectivity index (χ2v) is 6.15. The molecule has 1 atom stereocenters. The molecule has 0 unspecified atom stereocenters. The lowest BCUT2D eigenvalue weighted by atomic mass is 9.82. The maximum absolute atomic E-state index is 12.6. The van der Waals surface area contributed by atoms with Crippen molar-refractivity contribution in [2.75, 3.05) is 6.61 Å². The SMILES string of the molecule is CCOC(=O)C1=C(N)Oc2c(ccc3ccccc23)[C@@H]1c1ccccc1. The van der Waals surface area contributed by atoms with Crippen molar-refractivity contribution in [2.24, 2.45) is 5.73 Å². The lowest BCUT2D eigenvalue weighted by Crippen LogP contribution is -2.27. The first-order valence-corrected chi connectivity index (χ1v) is 8.62. The summed E-state index contributed by atoms with van der Waals surface area (Å²) in [6, 6.07) is 21.8. The summed E-state index contributed by atoms with van der Waals surface area (Å²) in [6.45, 7) is 2.05. The molecule has 3 aromatic carbocycles. The topological polar surface area (TPSA) is 61.5 Å². The first-order valence-electron chi connectivity index (χ1n) is 8.62. The summed E-state index contributed by atoms with van der Waals surface area (Å²) < 4.78 is 11.2. The van der Waals surface area contributed by atoms with Gasteiger partial charge in [0.15, 0.2) is 0 Å². The van der Waals surface area contributed by atoms with E-state index in [4.69, 9.17) is 15.2 Å². The second-order valence-electron chi connectivity index (χ2n) is 6.15. The molecule has 0 aliphatic carbocycles. The number of carbonyl (C=O) groups excluding carboxylic acids is 1. The molecule has 4 rings (SSSR count). The van der Waals surface area contributed by atoms with Crippen molar-refractivity contribution in [1.29, 1.82) is 0 Å². The summed E-state index contributed by atoms with van der Waals surface area (Å²) in [6.07, 6.45) is 0. The van der Waals surface area contributed by atoms with Gasteiger partial charge in [0.25, 0.3) is 0 Å². The molecule has 1 heterocycles. The second kappa shape index (κ2) is 6.56. The van der Waals surface area contributed by atoms with Crippen LogP contribution in [0.3, 0.4) is 0 Å². The normalized spacial score (nSPS) is 16.1. The van der Waals surface area contributed by atoms with E-state index in [1.807, 2.05) is 66.7 Å². The van der Waals surface area contributed by atoms with E-state index in [1.165, 1.54) is 0 Å². The molecular weight excluding hydrogens is 326 g/mol. The van der Waals surface area contributed by atoms with E-state index in [9.17, 15) is 4.79 Å². The molecule has 0 spiro atoms. The molecule has 0 saturated heterocycles. The van der Waals surface area contributed by atoms with Crippen LogP contribution in [0.25, 0.3) is 10.8 Å². The quantitative estimate of drug-likeness (QED) is 0.726. The Bertz CT molecular complexity index is 1010. The number of carbonyl (C=O) groups is 1. The molecule has 26 heavy (non-hydrogen) atoms. The van der Waals surface area contributed by atoms with E-state index in [2.05, 4.69) is 0 Å². The maximum Gasteiger partial charge on any atom is 0.340 e. The van der Waals surface area contributed by atoms with Gasteiger partial charge in [-0.25, -0.2) is 4.79 Å². The molecule has 3 aromatic rings. The minimum absolute atomic E-state index is 0.0983. The highest BCUT2D eigenvalue weighted by atomic mass is 16.5. The van der Waals surface area contributed by atoms with Crippen molar-refractivity contribution in [2.45, 2.75) is 12.8 Å². The Morgan fingerprint density at radius 3 is 2.54 bits per heavy atom. The standard InChI is InChI=1S/C22H19NO3/c1-2-25-22(24)19-18(15-9-4-3-5-10-15)17-13-12-14-8-6-7-11-16(14)20(17)26-21(19)23/h3-13,18H,2,23H2,1H3/t18-/m0/s1. The lowest BCUT2D eigenvalue weighted by Gasteiger charge is -2.29. The van der Waals surface area contributed by atoms with Gasteiger partial charge in [-0.15, -0.1) is 0 Å². The zero-order chi connectivity index (χ0) is 18.1. The van der Waals surface area contributed by atoms with Crippen LogP contribution in [0.4, 0.5) is 0 Å². The highest BCUT2D eigenvalue weighted by Gasteiger charge is 2.36. The van der Waals surface area contributed by atoms with Gasteiger partial charge in [-0.2, -0.15) is 0 Å². The molecule has 4 nitrogen and oxygen atoms in total. The summed E-state index contributed by atoms with van der Waals surface area (Å²) in [4.78, 5) is 12.6. The van der Waals surface area contributed by atoms with Gasteiger partial charge in [0.05, 0.1) is 12.5 Å². The van der Waals surface area contributed by atoms with Crippen LogP contribution in [0, 0.1) is 0 Å². The van der Waals surface area contributed by atoms with Crippen LogP contribution in [0.1, 0.15) is 24.0 Å². The summed E-state index contributed by atoms with van der Waals surface area (Å²) in [5.74, 6) is 0.0184. The van der Waals surface area contributed by atoms with Crippen molar-refractivity contribution >= 4 is 16.7 Å². The van der Waals surface area contributed by atoms with Gasteiger partial charge in [0.1, 0.15) is 11.3 Å². The molecule has 0 amide bonds. The lowest BCUT2D eigenvalue weighted by molar-refractivity contribution is -0.139. The Labute approximate surface area is 151 Å². The number of esters is 1. The molecule has 0 radical (unpaired) electrons. The van der Waals surface area contributed by atoms with Gasteiger partial charge < -0.3 is 15.2 Å². The first kappa shape index (κ1) is 16.2. The number of fused-ring (bicyclic) bond motifs is 3. The third-order valence-corrected chi connectivity index (χ3v) is 4.62. The predicted octanol–water partition coefficient (Wildman–Crippen LogP) is 4.10. The van der Waals surface area contributed by atoms with Crippen LogP contribution >= 0.6 is 0 Å². The highest BCUT2D eigenvalue weighted by Crippen LogP contribution is 2.45.